The zero-order chi connectivity index (χ0) is 13.7. The highest BCUT2D eigenvalue weighted by Crippen LogP contribution is 2.21. The molecule has 0 saturated carbocycles. The van der Waals surface area contributed by atoms with Gasteiger partial charge in [-0.25, -0.2) is 0 Å². The van der Waals surface area contributed by atoms with E-state index >= 15 is 0 Å². The van der Waals surface area contributed by atoms with E-state index in [0.29, 0.717) is 6.42 Å². The normalized spacial score (nSPS) is 12.1. The molecule has 0 fully saturated rings. The van der Waals surface area contributed by atoms with Gasteiger partial charge in [0.25, 0.3) is 0 Å². The second kappa shape index (κ2) is 6.03. The van der Waals surface area contributed by atoms with Gasteiger partial charge in [0, 0.05) is 0 Å². The molecular weight excluding hydrogens is 220 g/mol. The van der Waals surface area contributed by atoms with E-state index in [2.05, 4.69) is 0 Å². The Bertz CT molecular complexity index is 274. The van der Waals surface area contributed by atoms with E-state index in [4.69, 9.17) is 9.47 Å². The van der Waals surface area contributed by atoms with E-state index in [1.165, 1.54) is 0 Å². The minimum atomic E-state index is -0.521. The molecule has 0 unspecified atom stereocenters. The van der Waals surface area contributed by atoms with Crippen LogP contribution in [-0.4, -0.2) is 25.2 Å². The van der Waals surface area contributed by atoms with Crippen molar-refractivity contribution in [2.75, 3.05) is 13.2 Å². The lowest BCUT2D eigenvalue weighted by atomic mass is 9.91. The summed E-state index contributed by atoms with van der Waals surface area (Å²) in [7, 11) is 0. The average molecular weight is 244 g/mol. The van der Waals surface area contributed by atoms with Crippen LogP contribution in [-0.2, 0) is 19.1 Å². The van der Waals surface area contributed by atoms with Crippen molar-refractivity contribution in [1.29, 1.82) is 0 Å². The molecule has 0 rings (SSSR count). The third-order valence-corrected chi connectivity index (χ3v) is 2.60. The van der Waals surface area contributed by atoms with Crippen molar-refractivity contribution < 1.29 is 19.1 Å². The minimum absolute atomic E-state index is 0.113. The molecule has 0 aromatic rings. The highest BCUT2D eigenvalue weighted by Gasteiger charge is 2.27. The van der Waals surface area contributed by atoms with E-state index in [-0.39, 0.29) is 25.2 Å². The van der Waals surface area contributed by atoms with Crippen LogP contribution < -0.4 is 0 Å². The van der Waals surface area contributed by atoms with Crippen molar-refractivity contribution >= 4 is 11.9 Å². The Balaban J connectivity index is 3.88. The molecule has 0 aliphatic rings. The first-order valence-electron chi connectivity index (χ1n) is 5.95. The van der Waals surface area contributed by atoms with E-state index in [1.54, 1.807) is 20.8 Å². The predicted octanol–water partition coefficient (Wildman–Crippen LogP) is 2.56. The number of carbonyl (C=O) groups excluding carboxylic acids is 2. The van der Waals surface area contributed by atoms with Crippen LogP contribution >= 0.6 is 0 Å². The molecule has 0 radical (unpaired) electrons. The van der Waals surface area contributed by atoms with E-state index in [9.17, 15) is 9.59 Å². The van der Waals surface area contributed by atoms with Crippen LogP contribution in [0.15, 0.2) is 0 Å². The van der Waals surface area contributed by atoms with Gasteiger partial charge < -0.3 is 9.47 Å². The fourth-order valence-corrected chi connectivity index (χ4v) is 0.825. The zero-order valence-electron chi connectivity index (χ0n) is 11.8. The monoisotopic (exact) mass is 244 g/mol. The summed E-state index contributed by atoms with van der Waals surface area (Å²) in [6.45, 7) is 11.2. The Morgan fingerprint density at radius 2 is 1.29 bits per heavy atom. The van der Waals surface area contributed by atoms with Gasteiger partial charge in [0.2, 0.25) is 0 Å². The minimum Gasteiger partial charge on any atom is -0.462 e. The summed E-state index contributed by atoms with van der Waals surface area (Å²) in [5, 5.41) is 0. The molecule has 0 heterocycles. The SMILES string of the molecule is CCC(C)(C)C(=O)OCCOC(=O)C(C)(C)C. The maximum Gasteiger partial charge on any atom is 0.311 e. The van der Waals surface area contributed by atoms with Gasteiger partial charge in [-0.2, -0.15) is 0 Å². The molecular formula is C13H24O4. The fourth-order valence-electron chi connectivity index (χ4n) is 0.825. The molecule has 17 heavy (non-hydrogen) atoms. The molecule has 0 bridgehead atoms. The van der Waals surface area contributed by atoms with Crippen molar-refractivity contribution in [3.63, 3.8) is 0 Å². The summed E-state index contributed by atoms with van der Waals surface area (Å²) in [5.74, 6) is -0.546. The van der Waals surface area contributed by atoms with Crippen LogP contribution in [0.25, 0.3) is 0 Å². The number of hydrogen-bond donors (Lipinski definition) is 0. The Kier molecular flexibility index (Phi) is 5.66. The summed E-state index contributed by atoms with van der Waals surface area (Å²) in [6, 6.07) is 0. The van der Waals surface area contributed by atoms with Crippen molar-refractivity contribution in [2.24, 2.45) is 10.8 Å². The molecule has 4 heteroatoms. The summed E-state index contributed by atoms with van der Waals surface area (Å²) in [4.78, 5) is 23.0. The third kappa shape index (κ3) is 5.71. The van der Waals surface area contributed by atoms with Gasteiger partial charge in [-0.05, 0) is 41.0 Å². The van der Waals surface area contributed by atoms with Crippen LogP contribution in [0.3, 0.4) is 0 Å². The molecule has 4 nitrogen and oxygen atoms in total. The highest BCUT2D eigenvalue weighted by atomic mass is 16.6. The lowest BCUT2D eigenvalue weighted by molar-refractivity contribution is -0.162. The van der Waals surface area contributed by atoms with Crippen LogP contribution in [0.4, 0.5) is 0 Å². The molecule has 0 atom stereocenters. The van der Waals surface area contributed by atoms with Gasteiger partial charge in [-0.1, -0.05) is 6.92 Å². The largest absolute Gasteiger partial charge is 0.462 e. The Morgan fingerprint density at radius 3 is 1.65 bits per heavy atom. The topological polar surface area (TPSA) is 52.6 Å². The summed E-state index contributed by atoms with van der Waals surface area (Å²) < 4.78 is 10.0. The van der Waals surface area contributed by atoms with Crippen LogP contribution in [0.5, 0.6) is 0 Å². The van der Waals surface area contributed by atoms with Gasteiger partial charge in [0.1, 0.15) is 13.2 Å². The summed E-state index contributed by atoms with van der Waals surface area (Å²) >= 11 is 0. The van der Waals surface area contributed by atoms with Crippen LogP contribution in [0.2, 0.25) is 0 Å². The molecule has 0 aromatic carbocycles. The second-order valence-electron chi connectivity index (χ2n) is 5.76. The Morgan fingerprint density at radius 1 is 0.882 bits per heavy atom. The third-order valence-electron chi connectivity index (χ3n) is 2.60. The van der Waals surface area contributed by atoms with Crippen LogP contribution in [0.1, 0.15) is 48.0 Å². The second-order valence-corrected chi connectivity index (χ2v) is 5.76. The molecule has 0 amide bonds. The maximum absolute atomic E-state index is 11.6. The first-order valence-corrected chi connectivity index (χ1v) is 5.95. The average Bonchev–Trinajstić information content (AvgIpc) is 2.22. The first kappa shape index (κ1) is 15.9. The molecule has 0 aliphatic heterocycles. The number of rotatable bonds is 5. The molecule has 100 valence electrons. The predicted molar refractivity (Wildman–Crippen MR) is 65.4 cm³/mol. The van der Waals surface area contributed by atoms with Crippen LogP contribution in [0, 0.1) is 10.8 Å². The number of hydrogen-bond acceptors (Lipinski definition) is 4. The molecule has 0 aromatic heterocycles. The van der Waals surface area contributed by atoms with E-state index in [1.807, 2.05) is 20.8 Å². The zero-order valence-corrected chi connectivity index (χ0v) is 11.8. The Hall–Kier alpha value is -1.06. The fraction of sp³-hybridized carbons (Fsp3) is 0.846. The van der Waals surface area contributed by atoms with Crippen molar-refractivity contribution in [1.82, 2.24) is 0 Å². The molecule has 0 spiro atoms. The lowest BCUT2D eigenvalue weighted by Gasteiger charge is -2.21. The van der Waals surface area contributed by atoms with Crippen molar-refractivity contribution in [2.45, 2.75) is 48.0 Å². The van der Waals surface area contributed by atoms with Gasteiger partial charge in [-0.15, -0.1) is 0 Å². The molecule has 0 saturated heterocycles. The number of esters is 2. The maximum atomic E-state index is 11.6. The van der Waals surface area contributed by atoms with E-state index < -0.39 is 10.8 Å². The Labute approximate surface area is 104 Å². The lowest BCUT2D eigenvalue weighted by Crippen LogP contribution is -2.28. The summed E-state index contributed by atoms with van der Waals surface area (Å²) in [6.07, 6.45) is 0.716. The quantitative estimate of drug-likeness (QED) is 0.551. The van der Waals surface area contributed by atoms with Gasteiger partial charge in [0.05, 0.1) is 10.8 Å². The first-order chi connectivity index (χ1) is 7.61. The van der Waals surface area contributed by atoms with E-state index in [0.717, 1.165) is 0 Å². The van der Waals surface area contributed by atoms with Crippen molar-refractivity contribution in [3.05, 3.63) is 0 Å². The van der Waals surface area contributed by atoms with Gasteiger partial charge >= 0.3 is 11.9 Å². The smallest absolute Gasteiger partial charge is 0.311 e. The summed E-state index contributed by atoms with van der Waals surface area (Å²) in [5.41, 5.74) is -0.999. The van der Waals surface area contributed by atoms with Gasteiger partial charge in [-0.3, -0.25) is 9.59 Å². The standard InChI is InChI=1S/C13H24O4/c1-7-13(5,6)11(15)17-9-8-16-10(14)12(2,3)4/h7-9H2,1-6H3. The van der Waals surface area contributed by atoms with Gasteiger partial charge in [0.15, 0.2) is 0 Å². The highest BCUT2D eigenvalue weighted by molar-refractivity contribution is 5.76. The number of carbonyl (C=O) groups is 2. The molecule has 0 N–H and O–H groups in total. The van der Waals surface area contributed by atoms with Crippen molar-refractivity contribution in [3.8, 4) is 0 Å². The number of ether oxygens (including phenoxy) is 2. The molecule has 0 aliphatic carbocycles.